The molecular weight excluding hydrogens is 288 g/mol. The van der Waals surface area contributed by atoms with Crippen LogP contribution in [0.15, 0.2) is 77.7 Å². The Morgan fingerprint density at radius 1 is 0.682 bits per heavy atom. The van der Waals surface area contributed by atoms with E-state index >= 15 is 0 Å². The Balaban J connectivity index is 1.92. The van der Waals surface area contributed by atoms with Gasteiger partial charge in [0.05, 0.1) is 0 Å². The molecule has 110 valence electrons. The zero-order chi connectivity index (χ0) is 15.4. The molecule has 2 heteroatoms. The normalized spacial score (nSPS) is 10.6. The third kappa shape index (κ3) is 3.52. The second kappa shape index (κ2) is 6.71. The quantitative estimate of drug-likeness (QED) is 0.659. The van der Waals surface area contributed by atoms with Crippen LogP contribution in [-0.2, 0) is 12.8 Å². The highest BCUT2D eigenvalue weighted by Crippen LogP contribution is 2.30. The van der Waals surface area contributed by atoms with Crippen LogP contribution in [0.5, 0.6) is 5.75 Å². The topological polar surface area (TPSA) is 20.2 Å². The molecule has 0 saturated carbocycles. The molecule has 0 aliphatic rings. The lowest BCUT2D eigenvalue weighted by atomic mass is 9.97. The maximum Gasteiger partial charge on any atom is 0.122 e. The summed E-state index contributed by atoms with van der Waals surface area (Å²) in [6.45, 7) is 0. The first kappa shape index (κ1) is 14.7. The number of aromatic hydroxyl groups is 1. The van der Waals surface area contributed by atoms with Crippen LogP contribution >= 0.6 is 12.6 Å². The molecule has 0 aliphatic heterocycles. The number of benzene rings is 3. The van der Waals surface area contributed by atoms with Gasteiger partial charge in [0.2, 0.25) is 0 Å². The van der Waals surface area contributed by atoms with Gasteiger partial charge in [-0.15, -0.1) is 12.6 Å². The van der Waals surface area contributed by atoms with E-state index in [0.717, 1.165) is 16.0 Å². The summed E-state index contributed by atoms with van der Waals surface area (Å²) in [5.41, 5.74) is 4.21. The van der Waals surface area contributed by atoms with Crippen LogP contribution in [0.25, 0.3) is 0 Å². The molecule has 3 aromatic carbocycles. The molecule has 0 atom stereocenters. The summed E-state index contributed by atoms with van der Waals surface area (Å²) in [6.07, 6.45) is 1.42. The molecule has 0 aromatic heterocycles. The van der Waals surface area contributed by atoms with Gasteiger partial charge in [0.1, 0.15) is 5.75 Å². The number of phenolic OH excluding ortho intramolecular Hbond substituents is 1. The zero-order valence-electron chi connectivity index (χ0n) is 12.2. The van der Waals surface area contributed by atoms with Crippen molar-refractivity contribution in [2.75, 3.05) is 0 Å². The van der Waals surface area contributed by atoms with E-state index in [-0.39, 0.29) is 0 Å². The standard InChI is InChI=1S/C20H18OS/c21-20-17(11-15-7-3-1-4-8-15)13-19(22)14-18(20)12-16-9-5-2-6-10-16/h1-10,13-14,21-22H,11-12H2. The third-order valence-corrected chi connectivity index (χ3v) is 3.99. The maximum absolute atomic E-state index is 10.6. The summed E-state index contributed by atoms with van der Waals surface area (Å²) >= 11 is 4.49. The average Bonchev–Trinajstić information content (AvgIpc) is 2.54. The summed E-state index contributed by atoms with van der Waals surface area (Å²) in [5, 5.41) is 10.6. The fourth-order valence-electron chi connectivity index (χ4n) is 2.64. The molecule has 0 saturated heterocycles. The van der Waals surface area contributed by atoms with Crippen molar-refractivity contribution in [1.82, 2.24) is 0 Å². The van der Waals surface area contributed by atoms with Gasteiger partial charge in [-0.2, -0.15) is 0 Å². The van der Waals surface area contributed by atoms with Crippen LogP contribution in [0.2, 0.25) is 0 Å². The lowest BCUT2D eigenvalue weighted by Gasteiger charge is -2.12. The van der Waals surface area contributed by atoms with Gasteiger partial charge in [-0.25, -0.2) is 0 Å². The lowest BCUT2D eigenvalue weighted by molar-refractivity contribution is 0.463. The minimum atomic E-state index is 0.380. The lowest BCUT2D eigenvalue weighted by Crippen LogP contribution is -1.95. The van der Waals surface area contributed by atoms with Crippen molar-refractivity contribution in [1.29, 1.82) is 0 Å². The van der Waals surface area contributed by atoms with Crippen LogP contribution in [0.4, 0.5) is 0 Å². The molecule has 22 heavy (non-hydrogen) atoms. The van der Waals surface area contributed by atoms with E-state index < -0.39 is 0 Å². The molecular formula is C20H18OS. The molecule has 0 spiro atoms. The Morgan fingerprint density at radius 2 is 1.09 bits per heavy atom. The van der Waals surface area contributed by atoms with E-state index in [0.29, 0.717) is 18.6 Å². The summed E-state index contributed by atoms with van der Waals surface area (Å²) in [4.78, 5) is 0.884. The first-order valence-electron chi connectivity index (χ1n) is 7.34. The Labute approximate surface area is 136 Å². The van der Waals surface area contributed by atoms with Gasteiger partial charge in [0.25, 0.3) is 0 Å². The number of hydrogen-bond donors (Lipinski definition) is 2. The molecule has 0 bridgehead atoms. The van der Waals surface area contributed by atoms with Crippen LogP contribution in [-0.4, -0.2) is 5.11 Å². The molecule has 3 rings (SSSR count). The highest BCUT2D eigenvalue weighted by molar-refractivity contribution is 7.80. The second-order valence-electron chi connectivity index (χ2n) is 5.44. The summed E-state index contributed by atoms with van der Waals surface area (Å²) in [5.74, 6) is 0.380. The van der Waals surface area contributed by atoms with Crippen LogP contribution in [0, 0.1) is 0 Å². The minimum Gasteiger partial charge on any atom is -0.507 e. The van der Waals surface area contributed by atoms with Gasteiger partial charge in [0, 0.05) is 17.7 Å². The average molecular weight is 306 g/mol. The van der Waals surface area contributed by atoms with Crippen LogP contribution < -0.4 is 0 Å². The van der Waals surface area contributed by atoms with Crippen molar-refractivity contribution < 1.29 is 5.11 Å². The van der Waals surface area contributed by atoms with Gasteiger partial charge >= 0.3 is 0 Å². The predicted octanol–water partition coefficient (Wildman–Crippen LogP) is 4.86. The Kier molecular flexibility index (Phi) is 4.50. The third-order valence-electron chi connectivity index (χ3n) is 3.73. The van der Waals surface area contributed by atoms with Gasteiger partial charge in [-0.1, -0.05) is 60.7 Å². The molecule has 1 N–H and O–H groups in total. The largest absolute Gasteiger partial charge is 0.507 e. The van der Waals surface area contributed by atoms with E-state index in [9.17, 15) is 5.11 Å². The molecule has 0 fully saturated rings. The van der Waals surface area contributed by atoms with Gasteiger partial charge in [-0.05, 0) is 34.4 Å². The van der Waals surface area contributed by atoms with E-state index in [1.54, 1.807) is 0 Å². The molecule has 0 unspecified atom stereocenters. The number of hydrogen-bond acceptors (Lipinski definition) is 2. The first-order chi connectivity index (χ1) is 10.7. The maximum atomic E-state index is 10.6. The van der Waals surface area contributed by atoms with Crippen LogP contribution in [0.1, 0.15) is 22.3 Å². The molecule has 0 aliphatic carbocycles. The van der Waals surface area contributed by atoms with E-state index in [2.05, 4.69) is 36.9 Å². The summed E-state index contributed by atoms with van der Waals surface area (Å²) in [6, 6.07) is 24.2. The number of rotatable bonds is 4. The highest BCUT2D eigenvalue weighted by Gasteiger charge is 2.10. The summed E-state index contributed by atoms with van der Waals surface area (Å²) < 4.78 is 0. The molecule has 0 radical (unpaired) electrons. The Morgan fingerprint density at radius 3 is 1.50 bits per heavy atom. The van der Waals surface area contributed by atoms with E-state index in [4.69, 9.17) is 0 Å². The monoisotopic (exact) mass is 306 g/mol. The smallest absolute Gasteiger partial charge is 0.122 e. The van der Waals surface area contributed by atoms with Gasteiger partial charge < -0.3 is 5.11 Å². The summed E-state index contributed by atoms with van der Waals surface area (Å²) in [7, 11) is 0. The number of phenols is 1. The fourth-order valence-corrected chi connectivity index (χ4v) is 2.95. The van der Waals surface area contributed by atoms with Gasteiger partial charge in [-0.3, -0.25) is 0 Å². The second-order valence-corrected chi connectivity index (χ2v) is 5.95. The van der Waals surface area contributed by atoms with Crippen molar-refractivity contribution in [3.05, 3.63) is 95.1 Å². The minimum absolute atomic E-state index is 0.380. The van der Waals surface area contributed by atoms with Crippen molar-refractivity contribution in [3.8, 4) is 5.75 Å². The molecule has 0 heterocycles. The van der Waals surface area contributed by atoms with Crippen molar-refractivity contribution >= 4 is 12.6 Å². The van der Waals surface area contributed by atoms with Crippen LogP contribution in [0.3, 0.4) is 0 Å². The van der Waals surface area contributed by atoms with E-state index in [1.165, 1.54) is 11.1 Å². The number of thiol groups is 1. The highest BCUT2D eigenvalue weighted by atomic mass is 32.1. The Bertz CT molecular complexity index is 689. The predicted molar refractivity (Wildman–Crippen MR) is 93.9 cm³/mol. The Hall–Kier alpha value is -2.19. The van der Waals surface area contributed by atoms with Crippen molar-refractivity contribution in [3.63, 3.8) is 0 Å². The first-order valence-corrected chi connectivity index (χ1v) is 7.78. The van der Waals surface area contributed by atoms with Crippen molar-refractivity contribution in [2.24, 2.45) is 0 Å². The molecule has 3 aromatic rings. The molecule has 0 amide bonds. The van der Waals surface area contributed by atoms with E-state index in [1.807, 2.05) is 48.5 Å². The zero-order valence-corrected chi connectivity index (χ0v) is 13.1. The van der Waals surface area contributed by atoms with Crippen molar-refractivity contribution in [2.45, 2.75) is 17.7 Å². The SMILES string of the molecule is Oc1c(Cc2ccccc2)cc(S)cc1Cc1ccccc1. The molecule has 1 nitrogen and oxygen atoms in total. The fraction of sp³-hybridized carbons (Fsp3) is 0.100. The van der Waals surface area contributed by atoms with Gasteiger partial charge in [0.15, 0.2) is 0 Å².